The highest BCUT2D eigenvalue weighted by molar-refractivity contribution is 7.10. The lowest BCUT2D eigenvalue weighted by Gasteiger charge is -2.29. The first kappa shape index (κ1) is 14.4. The Kier molecular flexibility index (Phi) is 4.34. The summed E-state index contributed by atoms with van der Waals surface area (Å²) in [5, 5.41) is 6.50. The first-order valence-corrected chi connectivity index (χ1v) is 8.12. The Morgan fingerprint density at radius 2 is 2.15 bits per heavy atom. The van der Waals surface area contributed by atoms with Crippen LogP contribution < -0.4 is 5.32 Å². The van der Waals surface area contributed by atoms with Crippen molar-refractivity contribution in [3.8, 4) is 0 Å². The van der Waals surface area contributed by atoms with E-state index < -0.39 is 0 Å². The van der Waals surface area contributed by atoms with Crippen LogP contribution in [0.15, 0.2) is 29.6 Å². The largest absolute Gasteiger partial charge is 0.370 e. The second kappa shape index (κ2) is 6.04. The molecule has 0 aliphatic carbocycles. The molecule has 20 heavy (non-hydrogen) atoms. The number of ether oxygens (including phenoxy) is 1. The predicted molar refractivity (Wildman–Crippen MR) is 85.2 cm³/mol. The number of benzene rings is 1. The molecule has 5 heteroatoms. The quantitative estimate of drug-likeness (QED) is 0.897. The third-order valence-electron chi connectivity index (χ3n) is 3.59. The minimum Gasteiger partial charge on any atom is -0.370 e. The van der Waals surface area contributed by atoms with Crippen molar-refractivity contribution in [1.82, 2.24) is 5.32 Å². The summed E-state index contributed by atoms with van der Waals surface area (Å²) in [6.07, 6.45) is 0.147. The van der Waals surface area contributed by atoms with Crippen LogP contribution in [0, 0.1) is 0 Å². The van der Waals surface area contributed by atoms with Gasteiger partial charge < -0.3 is 10.1 Å². The van der Waals surface area contributed by atoms with Gasteiger partial charge >= 0.3 is 0 Å². The third kappa shape index (κ3) is 2.61. The molecule has 1 aromatic heterocycles. The van der Waals surface area contributed by atoms with Crippen LogP contribution in [-0.2, 0) is 4.74 Å². The van der Waals surface area contributed by atoms with Gasteiger partial charge in [-0.05, 0) is 41.8 Å². The molecular weight excluding hydrogens is 313 g/mol. The molecule has 1 aliphatic rings. The molecule has 3 rings (SSSR count). The molecule has 0 fully saturated rings. The Balaban J connectivity index is 1.96. The van der Waals surface area contributed by atoms with Crippen molar-refractivity contribution < 1.29 is 4.74 Å². The second-order valence-electron chi connectivity index (χ2n) is 4.85. The van der Waals surface area contributed by atoms with Gasteiger partial charge in [0.1, 0.15) is 6.10 Å². The van der Waals surface area contributed by atoms with Crippen molar-refractivity contribution in [1.29, 1.82) is 0 Å². The summed E-state index contributed by atoms with van der Waals surface area (Å²) in [7, 11) is 1.95. The van der Waals surface area contributed by atoms with Crippen molar-refractivity contribution in [2.45, 2.75) is 12.0 Å². The summed E-state index contributed by atoms with van der Waals surface area (Å²) < 4.78 is 6.01. The van der Waals surface area contributed by atoms with Crippen LogP contribution in [0.4, 0.5) is 0 Å². The van der Waals surface area contributed by atoms with Gasteiger partial charge in [0.15, 0.2) is 0 Å². The molecular formula is C15H15Cl2NOS. The average Bonchev–Trinajstić information content (AvgIpc) is 2.92. The molecule has 0 spiro atoms. The zero-order chi connectivity index (χ0) is 14.1. The summed E-state index contributed by atoms with van der Waals surface area (Å²) in [6, 6.07) is 8.02. The number of likely N-dealkylation sites (N-methyl/N-ethyl adjacent to an activating group) is 1. The molecule has 1 aliphatic heterocycles. The molecule has 0 amide bonds. The Morgan fingerprint density at radius 3 is 2.90 bits per heavy atom. The fraction of sp³-hybridized carbons (Fsp3) is 0.333. The summed E-state index contributed by atoms with van der Waals surface area (Å²) in [6.45, 7) is 1.51. The first-order chi connectivity index (χ1) is 9.70. The normalized spacial score (nSPS) is 21.8. The van der Waals surface area contributed by atoms with Crippen molar-refractivity contribution >= 4 is 34.5 Å². The van der Waals surface area contributed by atoms with Crippen LogP contribution in [0.1, 0.15) is 28.0 Å². The van der Waals surface area contributed by atoms with E-state index in [2.05, 4.69) is 16.8 Å². The molecule has 106 valence electrons. The maximum atomic E-state index is 6.13. The minimum atomic E-state index is 0.147. The molecule has 0 bridgehead atoms. The standard InChI is InChI=1S/C15H15Cl2NOS/c1-18-7-14-15-10(4-5-20-15)11(8-19-14)9-2-3-12(16)13(17)6-9/h2-6,11,14,18H,7-8H2,1H3/t11-,14+/m1/s1. The number of nitrogens with one attached hydrogen (secondary N) is 1. The lowest BCUT2D eigenvalue weighted by Crippen LogP contribution is -2.26. The zero-order valence-corrected chi connectivity index (χ0v) is 13.4. The SMILES string of the molecule is CNC[C@@H]1OC[C@H](c2ccc(Cl)c(Cl)c2)c2ccsc21. The number of fused-ring (bicyclic) bond motifs is 1. The van der Waals surface area contributed by atoms with Crippen LogP contribution in [-0.4, -0.2) is 20.2 Å². The van der Waals surface area contributed by atoms with Crippen molar-refractivity contribution in [2.24, 2.45) is 0 Å². The summed E-state index contributed by atoms with van der Waals surface area (Å²) in [4.78, 5) is 1.31. The molecule has 1 aromatic carbocycles. The van der Waals surface area contributed by atoms with Crippen LogP contribution in [0.3, 0.4) is 0 Å². The number of thiophene rings is 1. The van der Waals surface area contributed by atoms with Gasteiger partial charge in [-0.1, -0.05) is 29.3 Å². The van der Waals surface area contributed by atoms with E-state index in [1.165, 1.54) is 10.4 Å². The zero-order valence-electron chi connectivity index (χ0n) is 11.0. The van der Waals surface area contributed by atoms with E-state index in [-0.39, 0.29) is 12.0 Å². The average molecular weight is 328 g/mol. The molecule has 0 radical (unpaired) electrons. The Morgan fingerprint density at radius 1 is 1.30 bits per heavy atom. The van der Waals surface area contributed by atoms with Gasteiger partial charge in [0.05, 0.1) is 16.7 Å². The van der Waals surface area contributed by atoms with Crippen molar-refractivity contribution in [2.75, 3.05) is 20.2 Å². The highest BCUT2D eigenvalue weighted by Gasteiger charge is 2.29. The lowest BCUT2D eigenvalue weighted by molar-refractivity contribution is 0.0383. The second-order valence-corrected chi connectivity index (χ2v) is 6.61. The van der Waals surface area contributed by atoms with Crippen LogP contribution in [0.25, 0.3) is 0 Å². The van der Waals surface area contributed by atoms with Gasteiger partial charge in [0.2, 0.25) is 0 Å². The lowest BCUT2D eigenvalue weighted by atomic mass is 9.89. The van der Waals surface area contributed by atoms with Gasteiger partial charge in [-0.25, -0.2) is 0 Å². The highest BCUT2D eigenvalue weighted by atomic mass is 35.5. The van der Waals surface area contributed by atoms with E-state index >= 15 is 0 Å². The predicted octanol–water partition coefficient (Wildman–Crippen LogP) is 4.48. The molecule has 2 atom stereocenters. The number of rotatable bonds is 3. The minimum absolute atomic E-state index is 0.147. The smallest absolute Gasteiger partial charge is 0.104 e. The van der Waals surface area contributed by atoms with E-state index in [0.29, 0.717) is 16.7 Å². The van der Waals surface area contributed by atoms with Crippen LogP contribution in [0.2, 0.25) is 10.0 Å². The van der Waals surface area contributed by atoms with Gasteiger partial charge in [0.25, 0.3) is 0 Å². The summed E-state index contributed by atoms with van der Waals surface area (Å²) in [5.74, 6) is 0.235. The number of hydrogen-bond donors (Lipinski definition) is 1. The first-order valence-electron chi connectivity index (χ1n) is 6.49. The molecule has 1 N–H and O–H groups in total. The molecule has 2 aromatic rings. The van der Waals surface area contributed by atoms with Gasteiger partial charge in [-0.15, -0.1) is 11.3 Å². The van der Waals surface area contributed by atoms with Gasteiger partial charge in [0, 0.05) is 17.3 Å². The maximum absolute atomic E-state index is 6.13. The van der Waals surface area contributed by atoms with Gasteiger partial charge in [-0.3, -0.25) is 0 Å². The fourth-order valence-electron chi connectivity index (χ4n) is 2.60. The third-order valence-corrected chi connectivity index (χ3v) is 5.36. The summed E-state index contributed by atoms with van der Waals surface area (Å²) in [5.41, 5.74) is 2.50. The Bertz CT molecular complexity index is 614. The fourth-order valence-corrected chi connectivity index (χ4v) is 3.92. The van der Waals surface area contributed by atoms with Crippen molar-refractivity contribution in [3.63, 3.8) is 0 Å². The van der Waals surface area contributed by atoms with Crippen molar-refractivity contribution in [3.05, 3.63) is 55.7 Å². The van der Waals surface area contributed by atoms with E-state index in [1.807, 2.05) is 25.2 Å². The van der Waals surface area contributed by atoms with E-state index in [4.69, 9.17) is 27.9 Å². The molecule has 0 unspecified atom stereocenters. The van der Waals surface area contributed by atoms with E-state index in [0.717, 1.165) is 12.1 Å². The Hall–Kier alpha value is -0.580. The number of hydrogen-bond acceptors (Lipinski definition) is 3. The van der Waals surface area contributed by atoms with E-state index in [1.54, 1.807) is 11.3 Å². The van der Waals surface area contributed by atoms with Gasteiger partial charge in [-0.2, -0.15) is 0 Å². The highest BCUT2D eigenvalue weighted by Crippen LogP contribution is 2.41. The summed E-state index contributed by atoms with van der Waals surface area (Å²) >= 11 is 13.9. The molecule has 2 heterocycles. The maximum Gasteiger partial charge on any atom is 0.104 e. The Labute approximate surface area is 132 Å². The van der Waals surface area contributed by atoms with Crippen LogP contribution >= 0.6 is 34.5 Å². The van der Waals surface area contributed by atoms with Crippen LogP contribution in [0.5, 0.6) is 0 Å². The number of halogens is 2. The molecule has 2 nitrogen and oxygen atoms in total. The monoisotopic (exact) mass is 327 g/mol. The molecule has 0 saturated heterocycles. The molecule has 0 saturated carbocycles. The topological polar surface area (TPSA) is 21.3 Å². The van der Waals surface area contributed by atoms with E-state index in [9.17, 15) is 0 Å².